The third kappa shape index (κ3) is 5.37. The number of benzene rings is 1. The molecule has 136 valence electrons. The van der Waals surface area contributed by atoms with Crippen LogP contribution < -0.4 is 5.32 Å². The minimum atomic E-state index is -0.933. The number of aliphatic hydroxyl groups is 1. The van der Waals surface area contributed by atoms with Gasteiger partial charge in [-0.1, -0.05) is 6.92 Å². The number of aliphatic carboxylic acids is 1. The van der Waals surface area contributed by atoms with E-state index in [1.165, 1.54) is 18.3 Å². The highest BCUT2D eigenvalue weighted by atomic mass is 19.1. The van der Waals surface area contributed by atoms with Gasteiger partial charge in [-0.05, 0) is 44.1 Å². The van der Waals surface area contributed by atoms with E-state index in [4.69, 9.17) is 5.11 Å². The van der Waals surface area contributed by atoms with Crippen LogP contribution >= 0.6 is 0 Å². The van der Waals surface area contributed by atoms with Gasteiger partial charge in [0, 0.05) is 29.9 Å². The first kappa shape index (κ1) is 19.1. The van der Waals surface area contributed by atoms with Crippen LogP contribution in [0.25, 0.3) is 10.9 Å². The summed E-state index contributed by atoms with van der Waals surface area (Å²) in [6, 6.07) is 5.20. The molecule has 0 spiro atoms. The predicted molar refractivity (Wildman–Crippen MR) is 95.2 cm³/mol. The number of rotatable bonds is 10. The fourth-order valence-electron chi connectivity index (χ4n) is 2.78. The largest absolute Gasteiger partial charge is 0.480 e. The van der Waals surface area contributed by atoms with Crippen LogP contribution in [0.4, 0.5) is 10.1 Å². The van der Waals surface area contributed by atoms with Crippen molar-refractivity contribution in [3.8, 4) is 0 Å². The Morgan fingerprint density at radius 1 is 1.36 bits per heavy atom. The van der Waals surface area contributed by atoms with E-state index >= 15 is 0 Å². The Balaban J connectivity index is 2.05. The van der Waals surface area contributed by atoms with Gasteiger partial charge in [0.1, 0.15) is 11.9 Å². The number of nitrogens with one attached hydrogen (secondary N) is 1. The summed E-state index contributed by atoms with van der Waals surface area (Å²) in [6.45, 7) is 4.22. The van der Waals surface area contributed by atoms with Gasteiger partial charge >= 0.3 is 5.97 Å². The molecule has 7 heteroatoms. The maximum atomic E-state index is 13.3. The van der Waals surface area contributed by atoms with E-state index in [1.54, 1.807) is 12.1 Å². The lowest BCUT2D eigenvalue weighted by atomic mass is 10.1. The van der Waals surface area contributed by atoms with Gasteiger partial charge in [-0.2, -0.15) is 0 Å². The van der Waals surface area contributed by atoms with E-state index in [-0.39, 0.29) is 12.4 Å². The van der Waals surface area contributed by atoms with Gasteiger partial charge in [0.2, 0.25) is 0 Å². The van der Waals surface area contributed by atoms with E-state index in [1.807, 2.05) is 6.92 Å². The Kier molecular flexibility index (Phi) is 7.09. The summed E-state index contributed by atoms with van der Waals surface area (Å²) < 4.78 is 13.3. The second-order valence-corrected chi connectivity index (χ2v) is 5.86. The number of nitrogens with zero attached hydrogens (tertiary/aromatic N) is 2. The summed E-state index contributed by atoms with van der Waals surface area (Å²) in [5.41, 5.74) is 1.11. The molecule has 0 bridgehead atoms. The Labute approximate surface area is 146 Å². The van der Waals surface area contributed by atoms with E-state index < -0.39 is 12.0 Å². The molecule has 0 aliphatic heterocycles. The number of pyridine rings is 1. The van der Waals surface area contributed by atoms with Crippen molar-refractivity contribution < 1.29 is 19.4 Å². The zero-order valence-corrected chi connectivity index (χ0v) is 14.3. The highest BCUT2D eigenvalue weighted by Gasteiger charge is 2.18. The molecule has 1 atom stereocenters. The van der Waals surface area contributed by atoms with Crippen LogP contribution in [-0.4, -0.2) is 58.3 Å². The molecule has 1 unspecified atom stereocenters. The van der Waals surface area contributed by atoms with Crippen molar-refractivity contribution in [3.63, 3.8) is 0 Å². The predicted octanol–water partition coefficient (Wildman–Crippen LogP) is 2.33. The summed E-state index contributed by atoms with van der Waals surface area (Å²) >= 11 is 0. The standard InChI is InChI=1S/C18H24FN3O3/c1-2-22(10-11-23)9-3-4-16(18(24)25)21-15-7-8-20-17-12-13(19)5-6-14(15)17/h5-8,12,16,23H,2-4,9-11H2,1H3,(H,20,21)(H,24,25). The number of aliphatic hydroxyl groups excluding tert-OH is 1. The number of fused-ring (bicyclic) bond motifs is 1. The number of carboxylic acid groups (broad SMARTS) is 1. The number of carbonyl (C=O) groups is 1. The summed E-state index contributed by atoms with van der Waals surface area (Å²) in [5.74, 6) is -1.31. The van der Waals surface area contributed by atoms with Crippen LogP contribution in [0.3, 0.4) is 0 Å². The van der Waals surface area contributed by atoms with Gasteiger partial charge in [-0.25, -0.2) is 9.18 Å². The minimum Gasteiger partial charge on any atom is -0.480 e. The Morgan fingerprint density at radius 2 is 2.16 bits per heavy atom. The van der Waals surface area contributed by atoms with Crippen molar-refractivity contribution in [3.05, 3.63) is 36.3 Å². The number of anilines is 1. The number of hydrogen-bond acceptors (Lipinski definition) is 5. The van der Waals surface area contributed by atoms with Crippen molar-refractivity contribution in [2.75, 3.05) is 31.6 Å². The van der Waals surface area contributed by atoms with Crippen molar-refractivity contribution in [1.29, 1.82) is 0 Å². The van der Waals surface area contributed by atoms with Crippen LogP contribution in [0.5, 0.6) is 0 Å². The maximum absolute atomic E-state index is 13.3. The molecular formula is C18H24FN3O3. The van der Waals surface area contributed by atoms with Crippen molar-refractivity contribution in [2.24, 2.45) is 0 Å². The number of hydrogen-bond donors (Lipinski definition) is 3. The second-order valence-electron chi connectivity index (χ2n) is 5.86. The molecule has 0 amide bonds. The molecule has 2 rings (SSSR count). The molecule has 0 radical (unpaired) electrons. The molecule has 1 aromatic carbocycles. The fraction of sp³-hybridized carbons (Fsp3) is 0.444. The first-order chi connectivity index (χ1) is 12.0. The summed E-state index contributed by atoms with van der Waals surface area (Å²) in [6.07, 6.45) is 2.67. The molecule has 1 aromatic heterocycles. The lowest BCUT2D eigenvalue weighted by molar-refractivity contribution is -0.138. The Bertz CT molecular complexity index is 711. The average molecular weight is 349 g/mol. The lowest BCUT2D eigenvalue weighted by Crippen LogP contribution is -2.32. The normalized spacial score (nSPS) is 12.5. The lowest BCUT2D eigenvalue weighted by Gasteiger charge is -2.21. The highest BCUT2D eigenvalue weighted by Crippen LogP contribution is 2.23. The zero-order chi connectivity index (χ0) is 18.2. The minimum absolute atomic E-state index is 0.0913. The molecular weight excluding hydrogens is 325 g/mol. The smallest absolute Gasteiger partial charge is 0.326 e. The van der Waals surface area contributed by atoms with Gasteiger partial charge in [-0.15, -0.1) is 0 Å². The fourth-order valence-corrected chi connectivity index (χ4v) is 2.78. The molecule has 0 saturated carbocycles. The molecule has 25 heavy (non-hydrogen) atoms. The zero-order valence-electron chi connectivity index (χ0n) is 14.3. The topological polar surface area (TPSA) is 85.7 Å². The highest BCUT2D eigenvalue weighted by molar-refractivity contribution is 5.92. The first-order valence-corrected chi connectivity index (χ1v) is 8.42. The Morgan fingerprint density at radius 3 is 2.84 bits per heavy atom. The first-order valence-electron chi connectivity index (χ1n) is 8.42. The van der Waals surface area contributed by atoms with Gasteiger partial charge in [0.15, 0.2) is 0 Å². The molecule has 0 aliphatic rings. The number of aromatic nitrogens is 1. The Hall–Kier alpha value is -2.25. The molecule has 0 fully saturated rings. The molecule has 6 nitrogen and oxygen atoms in total. The van der Waals surface area contributed by atoms with Crippen molar-refractivity contribution >= 4 is 22.6 Å². The number of likely N-dealkylation sites (N-methyl/N-ethyl adjacent to an activating group) is 1. The van der Waals surface area contributed by atoms with E-state index in [9.17, 15) is 14.3 Å². The molecule has 0 saturated heterocycles. The van der Waals surface area contributed by atoms with Crippen LogP contribution in [0.2, 0.25) is 0 Å². The quantitative estimate of drug-likeness (QED) is 0.610. The van der Waals surface area contributed by atoms with Gasteiger partial charge in [0.05, 0.1) is 12.1 Å². The van der Waals surface area contributed by atoms with Gasteiger partial charge < -0.3 is 20.4 Å². The van der Waals surface area contributed by atoms with Crippen LogP contribution in [0.1, 0.15) is 19.8 Å². The number of halogens is 1. The summed E-state index contributed by atoms with van der Waals surface area (Å²) in [7, 11) is 0. The summed E-state index contributed by atoms with van der Waals surface area (Å²) in [5, 5.41) is 22.2. The van der Waals surface area contributed by atoms with E-state index in [0.29, 0.717) is 36.0 Å². The molecule has 2 aromatic rings. The van der Waals surface area contributed by atoms with E-state index in [2.05, 4.69) is 15.2 Å². The van der Waals surface area contributed by atoms with Crippen LogP contribution in [-0.2, 0) is 4.79 Å². The van der Waals surface area contributed by atoms with Crippen molar-refractivity contribution in [1.82, 2.24) is 9.88 Å². The maximum Gasteiger partial charge on any atom is 0.326 e. The van der Waals surface area contributed by atoms with Gasteiger partial charge in [0.25, 0.3) is 0 Å². The van der Waals surface area contributed by atoms with E-state index in [0.717, 1.165) is 13.1 Å². The SMILES string of the molecule is CCN(CCO)CCCC(Nc1ccnc2cc(F)ccc12)C(=O)O. The van der Waals surface area contributed by atoms with Gasteiger partial charge in [-0.3, -0.25) is 4.98 Å². The van der Waals surface area contributed by atoms with Crippen molar-refractivity contribution in [2.45, 2.75) is 25.8 Å². The molecule has 1 heterocycles. The second kappa shape index (κ2) is 9.29. The third-order valence-electron chi connectivity index (χ3n) is 4.16. The number of carboxylic acids is 1. The molecule has 0 aliphatic carbocycles. The van der Waals surface area contributed by atoms with Crippen LogP contribution in [0.15, 0.2) is 30.5 Å². The molecule has 3 N–H and O–H groups in total. The average Bonchev–Trinajstić information content (AvgIpc) is 2.59. The monoisotopic (exact) mass is 349 g/mol. The third-order valence-corrected chi connectivity index (χ3v) is 4.16. The van der Waals surface area contributed by atoms with Crippen LogP contribution in [0, 0.1) is 5.82 Å². The summed E-state index contributed by atoms with van der Waals surface area (Å²) in [4.78, 5) is 17.8.